The lowest BCUT2D eigenvalue weighted by molar-refractivity contribution is -0.121. The lowest BCUT2D eigenvalue weighted by Gasteiger charge is -2.34. The van der Waals surface area contributed by atoms with Gasteiger partial charge in [0, 0.05) is 38.4 Å². The van der Waals surface area contributed by atoms with E-state index < -0.39 is 0 Å². The van der Waals surface area contributed by atoms with Gasteiger partial charge >= 0.3 is 0 Å². The van der Waals surface area contributed by atoms with Crippen molar-refractivity contribution in [3.63, 3.8) is 0 Å². The summed E-state index contributed by atoms with van der Waals surface area (Å²) in [6.07, 6.45) is 0.927. The third kappa shape index (κ3) is 4.78. The molecule has 1 saturated heterocycles. The molecule has 0 unspecified atom stereocenters. The summed E-state index contributed by atoms with van der Waals surface area (Å²) in [6.45, 7) is 4.60. The molecule has 2 heterocycles. The standard InChI is InChI=1S/C22H25ClN4O2/c23-18-6-2-3-7-19(18)24-21(28)15-25-11-13-26(14-12-25)16-22(29)27-10-9-17-5-1-4-8-20(17)27/h1-8H,9-16H2,(H,24,28). The Kier molecular flexibility index (Phi) is 6.13. The Labute approximate surface area is 176 Å². The average molecular weight is 413 g/mol. The Bertz CT molecular complexity index is 896. The highest BCUT2D eigenvalue weighted by atomic mass is 35.5. The van der Waals surface area contributed by atoms with Gasteiger partial charge in [0.2, 0.25) is 11.8 Å². The lowest BCUT2D eigenvalue weighted by Crippen LogP contribution is -2.51. The number of nitrogens with one attached hydrogen (secondary N) is 1. The zero-order chi connectivity index (χ0) is 20.2. The number of fused-ring (bicyclic) bond motifs is 1. The van der Waals surface area contributed by atoms with Crippen molar-refractivity contribution in [1.82, 2.24) is 9.80 Å². The van der Waals surface area contributed by atoms with Gasteiger partial charge in [-0.05, 0) is 30.2 Å². The smallest absolute Gasteiger partial charge is 0.241 e. The van der Waals surface area contributed by atoms with E-state index in [0.29, 0.717) is 23.8 Å². The third-order valence-electron chi connectivity index (χ3n) is 5.53. The van der Waals surface area contributed by atoms with Gasteiger partial charge in [-0.1, -0.05) is 41.9 Å². The van der Waals surface area contributed by atoms with E-state index in [9.17, 15) is 9.59 Å². The SMILES string of the molecule is O=C(CN1CCN(CC(=O)N2CCc3ccccc32)CC1)Nc1ccccc1Cl. The van der Waals surface area contributed by atoms with Gasteiger partial charge in [0.15, 0.2) is 0 Å². The van der Waals surface area contributed by atoms with E-state index in [2.05, 4.69) is 21.2 Å². The number of amides is 2. The molecule has 2 aliphatic heterocycles. The van der Waals surface area contributed by atoms with Crippen molar-refractivity contribution >= 4 is 34.8 Å². The number of nitrogens with zero attached hydrogens (tertiary/aromatic N) is 3. The first kappa shape index (κ1) is 19.9. The van der Waals surface area contributed by atoms with E-state index in [4.69, 9.17) is 11.6 Å². The second-order valence-corrected chi connectivity index (χ2v) is 7.91. The molecular weight excluding hydrogens is 388 g/mol. The fourth-order valence-electron chi connectivity index (χ4n) is 3.93. The molecule has 0 spiro atoms. The van der Waals surface area contributed by atoms with E-state index >= 15 is 0 Å². The van der Waals surface area contributed by atoms with E-state index in [1.54, 1.807) is 12.1 Å². The minimum atomic E-state index is -0.0729. The average Bonchev–Trinajstić information content (AvgIpc) is 3.15. The maximum absolute atomic E-state index is 12.8. The maximum atomic E-state index is 12.8. The molecule has 0 bridgehead atoms. The Hall–Kier alpha value is -2.41. The van der Waals surface area contributed by atoms with Gasteiger partial charge in [0.25, 0.3) is 0 Å². The molecule has 0 atom stereocenters. The number of carbonyl (C=O) groups excluding carboxylic acids is 2. The molecule has 6 nitrogen and oxygen atoms in total. The predicted octanol–water partition coefficient (Wildman–Crippen LogP) is 2.49. The summed E-state index contributed by atoms with van der Waals surface area (Å²) in [5.74, 6) is 0.0798. The predicted molar refractivity (Wildman–Crippen MR) is 115 cm³/mol. The summed E-state index contributed by atoms with van der Waals surface area (Å²) in [4.78, 5) is 31.2. The summed E-state index contributed by atoms with van der Waals surface area (Å²) in [6, 6.07) is 15.3. The van der Waals surface area contributed by atoms with Gasteiger partial charge < -0.3 is 10.2 Å². The monoisotopic (exact) mass is 412 g/mol. The van der Waals surface area contributed by atoms with Crippen LogP contribution in [0.1, 0.15) is 5.56 Å². The molecule has 0 saturated carbocycles. The van der Waals surface area contributed by atoms with Crippen LogP contribution in [0.4, 0.5) is 11.4 Å². The first-order chi connectivity index (χ1) is 14.1. The number of anilines is 2. The van der Waals surface area contributed by atoms with Crippen LogP contribution in [-0.4, -0.2) is 67.4 Å². The number of para-hydroxylation sites is 2. The molecule has 0 aromatic heterocycles. The maximum Gasteiger partial charge on any atom is 0.241 e. The molecule has 2 amide bonds. The number of hydrogen-bond acceptors (Lipinski definition) is 4. The van der Waals surface area contributed by atoms with Gasteiger partial charge in [-0.15, -0.1) is 0 Å². The van der Waals surface area contributed by atoms with Gasteiger partial charge in [-0.25, -0.2) is 0 Å². The van der Waals surface area contributed by atoms with Crippen LogP contribution in [0.25, 0.3) is 0 Å². The van der Waals surface area contributed by atoms with Crippen LogP contribution in [0.15, 0.2) is 48.5 Å². The minimum absolute atomic E-state index is 0.0729. The highest BCUT2D eigenvalue weighted by Gasteiger charge is 2.27. The Morgan fingerprint density at radius 3 is 2.28 bits per heavy atom. The molecule has 2 aliphatic rings. The molecule has 4 rings (SSSR count). The second-order valence-electron chi connectivity index (χ2n) is 7.50. The normalized spacial score (nSPS) is 17.2. The van der Waals surface area contributed by atoms with Gasteiger partial charge in [-0.2, -0.15) is 0 Å². The lowest BCUT2D eigenvalue weighted by atomic mass is 10.2. The molecule has 1 fully saturated rings. The fourth-order valence-corrected chi connectivity index (χ4v) is 4.12. The first-order valence-electron chi connectivity index (χ1n) is 9.97. The Balaban J connectivity index is 1.23. The summed E-state index contributed by atoms with van der Waals surface area (Å²) in [5, 5.41) is 3.40. The summed E-state index contributed by atoms with van der Waals surface area (Å²) in [7, 11) is 0. The minimum Gasteiger partial charge on any atom is -0.324 e. The quantitative estimate of drug-likeness (QED) is 0.819. The van der Waals surface area contributed by atoms with Gasteiger partial charge in [0.1, 0.15) is 0 Å². The number of hydrogen-bond donors (Lipinski definition) is 1. The molecule has 2 aromatic carbocycles. The molecule has 1 N–H and O–H groups in total. The van der Waals surface area contributed by atoms with Crippen LogP contribution in [0.5, 0.6) is 0 Å². The van der Waals surface area contributed by atoms with E-state index in [1.807, 2.05) is 35.2 Å². The third-order valence-corrected chi connectivity index (χ3v) is 5.86. The summed E-state index contributed by atoms with van der Waals surface area (Å²) >= 11 is 6.09. The van der Waals surface area contributed by atoms with Crippen LogP contribution in [0.3, 0.4) is 0 Å². The number of halogens is 1. The van der Waals surface area contributed by atoms with Crippen LogP contribution in [0.2, 0.25) is 5.02 Å². The Morgan fingerprint density at radius 2 is 1.52 bits per heavy atom. The summed E-state index contributed by atoms with van der Waals surface area (Å²) in [5.41, 5.74) is 2.93. The number of carbonyl (C=O) groups is 2. The second kappa shape index (κ2) is 8.95. The molecule has 0 aliphatic carbocycles. The fraction of sp³-hybridized carbons (Fsp3) is 0.364. The molecule has 152 valence electrons. The highest BCUT2D eigenvalue weighted by Crippen LogP contribution is 2.27. The van der Waals surface area contributed by atoms with Gasteiger partial charge in [0.05, 0.1) is 23.8 Å². The van der Waals surface area contributed by atoms with Crippen molar-refractivity contribution < 1.29 is 9.59 Å². The van der Waals surface area contributed by atoms with Crippen LogP contribution in [0, 0.1) is 0 Å². The van der Waals surface area contributed by atoms with E-state index in [0.717, 1.165) is 44.8 Å². The van der Waals surface area contributed by atoms with Crippen LogP contribution < -0.4 is 10.2 Å². The van der Waals surface area contributed by atoms with Gasteiger partial charge in [-0.3, -0.25) is 19.4 Å². The van der Waals surface area contributed by atoms with Crippen molar-refractivity contribution in [2.45, 2.75) is 6.42 Å². The molecule has 2 aromatic rings. The molecule has 0 radical (unpaired) electrons. The molecular formula is C22H25ClN4O2. The van der Waals surface area contributed by atoms with Crippen molar-refractivity contribution in [2.75, 3.05) is 56.0 Å². The van der Waals surface area contributed by atoms with Crippen molar-refractivity contribution in [3.8, 4) is 0 Å². The van der Waals surface area contributed by atoms with Crippen molar-refractivity contribution in [2.24, 2.45) is 0 Å². The molecule has 7 heteroatoms. The van der Waals surface area contributed by atoms with Crippen molar-refractivity contribution in [1.29, 1.82) is 0 Å². The highest BCUT2D eigenvalue weighted by molar-refractivity contribution is 6.33. The van der Waals surface area contributed by atoms with Crippen LogP contribution >= 0.6 is 11.6 Å². The number of benzene rings is 2. The zero-order valence-electron chi connectivity index (χ0n) is 16.3. The van der Waals surface area contributed by atoms with E-state index in [1.165, 1.54) is 5.56 Å². The molecule has 29 heavy (non-hydrogen) atoms. The largest absolute Gasteiger partial charge is 0.324 e. The summed E-state index contributed by atoms with van der Waals surface area (Å²) < 4.78 is 0. The van der Waals surface area contributed by atoms with Crippen molar-refractivity contribution in [3.05, 3.63) is 59.1 Å². The number of piperazine rings is 1. The van der Waals surface area contributed by atoms with E-state index in [-0.39, 0.29) is 11.8 Å². The Morgan fingerprint density at radius 1 is 0.862 bits per heavy atom. The first-order valence-corrected chi connectivity index (χ1v) is 10.4. The number of rotatable bonds is 5. The van der Waals surface area contributed by atoms with Crippen LogP contribution in [-0.2, 0) is 16.0 Å². The topological polar surface area (TPSA) is 55.9 Å². The zero-order valence-corrected chi connectivity index (χ0v) is 17.1.